The van der Waals surface area contributed by atoms with E-state index in [1.165, 1.54) is 12.8 Å². The van der Waals surface area contributed by atoms with Gasteiger partial charge in [-0.3, -0.25) is 9.59 Å². The maximum Gasteiger partial charge on any atom is 0.321 e. The number of carbonyl (C=O) groups excluding carboxylic acids is 2. The molecule has 5 N–H and O–H groups in total. The quantitative estimate of drug-likeness (QED) is 0.178. The van der Waals surface area contributed by atoms with Gasteiger partial charge >= 0.3 is 12.0 Å². The number of amides is 3. The number of aliphatic carboxylic acids is 1. The Hall–Kier alpha value is -2.18. The van der Waals surface area contributed by atoms with Crippen LogP contribution in [0.2, 0.25) is 0 Å². The van der Waals surface area contributed by atoms with Crippen LogP contribution in [0.15, 0.2) is 12.7 Å². The first-order valence-corrected chi connectivity index (χ1v) is 18.8. The number of carboxylic acids is 1. The molecule has 2 aliphatic rings. The Balaban J connectivity index is 0. The summed E-state index contributed by atoms with van der Waals surface area (Å²) in [5, 5.41) is 26.0. The Morgan fingerprint density at radius 2 is 1.59 bits per heavy atom. The minimum absolute atomic E-state index is 0.0394. The van der Waals surface area contributed by atoms with Gasteiger partial charge < -0.3 is 31.1 Å². The van der Waals surface area contributed by atoms with Crippen molar-refractivity contribution in [2.24, 2.45) is 11.8 Å². The van der Waals surface area contributed by atoms with Gasteiger partial charge in [0.15, 0.2) is 9.84 Å². The summed E-state index contributed by atoms with van der Waals surface area (Å²) in [6.07, 6.45) is 9.87. The number of aliphatic hydroxyl groups is 1. The predicted molar refractivity (Wildman–Crippen MR) is 189 cm³/mol. The summed E-state index contributed by atoms with van der Waals surface area (Å²) in [4.78, 5) is 36.8. The van der Waals surface area contributed by atoms with E-state index in [1.807, 2.05) is 20.8 Å². The van der Waals surface area contributed by atoms with Gasteiger partial charge in [-0.05, 0) is 65.3 Å². The number of likely N-dealkylation sites (tertiary alicyclic amines) is 1. The lowest BCUT2D eigenvalue weighted by Gasteiger charge is -2.39. The highest BCUT2D eigenvalue weighted by atomic mass is 32.2. The number of rotatable bonds is 12. The Morgan fingerprint density at radius 1 is 1.04 bits per heavy atom. The molecule has 2 rings (SSSR count). The third kappa shape index (κ3) is 16.6. The van der Waals surface area contributed by atoms with Gasteiger partial charge in [0, 0.05) is 6.54 Å². The van der Waals surface area contributed by atoms with Crippen molar-refractivity contribution >= 4 is 27.7 Å². The number of urea groups is 1. The van der Waals surface area contributed by atoms with Gasteiger partial charge in [0.25, 0.3) is 0 Å². The monoisotopic (exact) mass is 676 g/mol. The van der Waals surface area contributed by atoms with E-state index >= 15 is 0 Å². The molecule has 272 valence electrons. The van der Waals surface area contributed by atoms with Crippen LogP contribution >= 0.6 is 0 Å². The van der Waals surface area contributed by atoms with Crippen molar-refractivity contribution in [1.82, 2.24) is 20.9 Å². The molecule has 2 fully saturated rings. The van der Waals surface area contributed by atoms with E-state index in [0.29, 0.717) is 19.4 Å². The van der Waals surface area contributed by atoms with Crippen LogP contribution in [0.1, 0.15) is 120 Å². The summed E-state index contributed by atoms with van der Waals surface area (Å²) in [6.45, 7) is 21.4. The number of hydrogen-bond acceptors (Lipinski definition) is 7. The van der Waals surface area contributed by atoms with E-state index in [9.17, 15) is 27.9 Å². The number of nitrogens with one attached hydrogen (secondary N) is 3. The fraction of sp³-hybridized carbons (Fsp3) is 0.853. The van der Waals surface area contributed by atoms with E-state index in [2.05, 4.69) is 43.3 Å². The smallest absolute Gasteiger partial charge is 0.321 e. The van der Waals surface area contributed by atoms with E-state index in [4.69, 9.17) is 5.11 Å². The van der Waals surface area contributed by atoms with Crippen LogP contribution in [-0.4, -0.2) is 96.3 Å². The second-order valence-electron chi connectivity index (χ2n) is 13.2. The molecule has 12 heteroatoms. The summed E-state index contributed by atoms with van der Waals surface area (Å²) in [5.74, 6) is -0.266. The molecule has 1 saturated carbocycles. The van der Waals surface area contributed by atoms with Crippen LogP contribution in [0.5, 0.6) is 0 Å². The molecule has 1 heterocycles. The van der Waals surface area contributed by atoms with Crippen molar-refractivity contribution in [3.63, 3.8) is 0 Å². The maximum atomic E-state index is 12.8. The number of carboxylic acid groups (broad SMARTS) is 1. The lowest BCUT2D eigenvalue weighted by Crippen LogP contribution is -2.59. The number of aliphatic hydroxyl groups excluding tert-OH is 1. The van der Waals surface area contributed by atoms with Crippen LogP contribution in [0.25, 0.3) is 0 Å². The molecule has 0 aromatic carbocycles. The molecule has 0 radical (unpaired) electrons. The van der Waals surface area contributed by atoms with Gasteiger partial charge in [0.2, 0.25) is 5.91 Å². The first kappa shape index (κ1) is 45.9. The summed E-state index contributed by atoms with van der Waals surface area (Å²) in [7, 11) is -1.78. The molecule has 3 amide bonds. The third-order valence-corrected chi connectivity index (χ3v) is 11.6. The van der Waals surface area contributed by atoms with E-state index in [1.54, 1.807) is 38.8 Å². The highest BCUT2D eigenvalue weighted by molar-refractivity contribution is 7.92. The number of carbonyl (C=O) groups is 3. The van der Waals surface area contributed by atoms with Crippen LogP contribution < -0.4 is 16.0 Å². The average Bonchev–Trinajstić information content (AvgIpc) is 3.50. The molecule has 0 aromatic rings. The van der Waals surface area contributed by atoms with E-state index < -0.39 is 38.2 Å². The number of nitrogens with zero attached hydrogens (tertiary/aromatic N) is 1. The second-order valence-corrected chi connectivity index (χ2v) is 15.9. The third-order valence-electron chi connectivity index (χ3n) is 8.77. The number of sulfone groups is 1. The Labute approximate surface area is 280 Å². The number of likely N-dealkylation sites (N-methyl/N-ethyl adjacent to an activating group) is 1. The van der Waals surface area contributed by atoms with Gasteiger partial charge in [-0.1, -0.05) is 79.7 Å². The van der Waals surface area contributed by atoms with Crippen molar-refractivity contribution in [2.75, 3.05) is 32.5 Å². The lowest BCUT2D eigenvalue weighted by molar-refractivity contribution is -0.140. The fourth-order valence-electron chi connectivity index (χ4n) is 5.05. The zero-order valence-corrected chi connectivity index (χ0v) is 31.4. The molecule has 11 nitrogen and oxygen atoms in total. The molecule has 0 aromatic heterocycles. The van der Waals surface area contributed by atoms with Gasteiger partial charge in [0.05, 0.1) is 35.2 Å². The van der Waals surface area contributed by atoms with Crippen molar-refractivity contribution < 1.29 is 33.0 Å². The number of hydrogen-bond donors (Lipinski definition) is 5. The highest BCUT2D eigenvalue weighted by Gasteiger charge is 2.42. The minimum Gasteiger partial charge on any atom is -0.480 e. The average molecular weight is 677 g/mol. The zero-order valence-electron chi connectivity index (χ0n) is 30.6. The topological polar surface area (TPSA) is 165 Å². The largest absolute Gasteiger partial charge is 0.480 e. The molecule has 46 heavy (non-hydrogen) atoms. The highest BCUT2D eigenvalue weighted by Crippen LogP contribution is 2.32. The SMILES string of the molecule is C=CC(C)C(NC)C(=O)O.CC.CC(C)(C)S(=O)(=O)CC1(NC(=O)NCC(=O)N2CCC[C@H]2CO)CCCCC1.CCC(C)CC. The van der Waals surface area contributed by atoms with Gasteiger partial charge in [-0.2, -0.15) is 0 Å². The van der Waals surface area contributed by atoms with E-state index in [0.717, 1.165) is 38.0 Å². The van der Waals surface area contributed by atoms with Crippen LogP contribution in [0.3, 0.4) is 0 Å². The first-order chi connectivity index (χ1) is 21.4. The molecule has 3 atom stereocenters. The predicted octanol–water partition coefficient (Wildman–Crippen LogP) is 5.13. The van der Waals surface area contributed by atoms with E-state index in [-0.39, 0.29) is 36.8 Å². The standard InChI is InChI=1S/C19H35N3O5S.C7H13NO2.C6H14.C2H6/c1-18(2,3)28(26,27)14-19(9-5-4-6-10-19)21-17(25)20-12-16(24)22-11-7-8-15(22)13-23;1-4-5(2)6(8-3)7(9)10;1-4-6(3)5-2;1-2/h15,23H,4-14H2,1-3H3,(H2,20,21,25);4-6,8H,1H2,2-3H3,(H,9,10);6H,4-5H2,1-3H3;1-2H3/t15-;;;/m0.../s1. The van der Waals surface area contributed by atoms with Gasteiger partial charge in [0.1, 0.15) is 6.04 Å². The molecular formula is C34H68N4O7S. The normalized spacial score (nSPS) is 18.7. The zero-order chi connectivity index (χ0) is 36.1. The Bertz CT molecular complexity index is 988. The van der Waals surface area contributed by atoms with Crippen LogP contribution in [-0.2, 0) is 19.4 Å². The summed E-state index contributed by atoms with van der Waals surface area (Å²) in [6, 6.07) is -1.21. The maximum absolute atomic E-state index is 12.8. The second kappa shape index (κ2) is 23.2. The molecular weight excluding hydrogens is 608 g/mol. The molecule has 0 spiro atoms. The Morgan fingerprint density at radius 3 is 1.96 bits per heavy atom. The van der Waals surface area contributed by atoms with Crippen molar-refractivity contribution in [1.29, 1.82) is 0 Å². The van der Waals surface area contributed by atoms with Crippen molar-refractivity contribution in [3.8, 4) is 0 Å². The van der Waals surface area contributed by atoms with Crippen molar-refractivity contribution in [2.45, 2.75) is 142 Å². The van der Waals surface area contributed by atoms with Crippen molar-refractivity contribution in [3.05, 3.63) is 12.7 Å². The molecule has 2 unspecified atom stereocenters. The minimum atomic E-state index is -3.40. The van der Waals surface area contributed by atoms with Crippen LogP contribution in [0, 0.1) is 11.8 Å². The molecule has 1 saturated heterocycles. The van der Waals surface area contributed by atoms with Crippen LogP contribution in [0.4, 0.5) is 4.79 Å². The summed E-state index contributed by atoms with van der Waals surface area (Å²) in [5.41, 5.74) is -0.793. The Kier molecular flexibility index (Phi) is 23.2. The first-order valence-electron chi connectivity index (χ1n) is 17.1. The molecule has 1 aliphatic heterocycles. The molecule has 1 aliphatic carbocycles. The lowest BCUT2D eigenvalue weighted by atomic mass is 9.83. The fourth-order valence-corrected chi connectivity index (χ4v) is 6.57. The summed E-state index contributed by atoms with van der Waals surface area (Å²) < 4.78 is 24.6. The summed E-state index contributed by atoms with van der Waals surface area (Å²) >= 11 is 0. The molecule has 0 bridgehead atoms. The van der Waals surface area contributed by atoms with Gasteiger partial charge in [-0.15, -0.1) is 6.58 Å². The van der Waals surface area contributed by atoms with Gasteiger partial charge in [-0.25, -0.2) is 13.2 Å².